The number of carbonyl (C=O) groups is 1. The number of aliphatic hydroxyl groups is 1. The number of carboxylic acids is 1. The van der Waals surface area contributed by atoms with Crippen LogP contribution >= 0.6 is 11.3 Å². The van der Waals surface area contributed by atoms with Crippen molar-refractivity contribution in [2.75, 3.05) is 30.3 Å². The number of pyridine rings is 2. The van der Waals surface area contributed by atoms with Crippen LogP contribution in [-0.2, 0) is 0 Å². The number of aromatic carboxylic acids is 1. The molecule has 1 aliphatic carbocycles. The van der Waals surface area contributed by atoms with Crippen molar-refractivity contribution in [2.24, 2.45) is 0 Å². The number of hydrogen-bond acceptors (Lipinski definition) is 8. The van der Waals surface area contributed by atoms with Crippen LogP contribution in [-0.4, -0.2) is 51.8 Å². The summed E-state index contributed by atoms with van der Waals surface area (Å²) in [6.45, 7) is 2.18. The maximum absolute atomic E-state index is 11.6. The summed E-state index contributed by atoms with van der Waals surface area (Å²) in [6.07, 6.45) is 5.19. The number of fused-ring (bicyclic) bond motifs is 1. The minimum atomic E-state index is -0.992. The van der Waals surface area contributed by atoms with Gasteiger partial charge in [0.15, 0.2) is 0 Å². The van der Waals surface area contributed by atoms with E-state index >= 15 is 0 Å². The summed E-state index contributed by atoms with van der Waals surface area (Å²) in [5.74, 6) is 0.364. The molecule has 0 spiro atoms. The number of aromatic nitrogens is 2. The highest BCUT2D eigenvalue weighted by molar-refractivity contribution is 7.21. The Morgan fingerprint density at radius 3 is 2.72 bits per heavy atom. The predicted octanol–water partition coefficient (Wildman–Crippen LogP) is 3.14. The van der Waals surface area contributed by atoms with Crippen LogP contribution in [0.1, 0.15) is 58.6 Å². The first-order valence-electron chi connectivity index (χ1n) is 11.0. The summed E-state index contributed by atoms with van der Waals surface area (Å²) in [4.78, 5) is 23.8. The van der Waals surface area contributed by atoms with Crippen molar-refractivity contribution in [2.45, 2.75) is 43.7 Å². The lowest BCUT2D eigenvalue weighted by molar-refractivity contribution is 0.0703. The summed E-state index contributed by atoms with van der Waals surface area (Å²) in [5, 5.41) is 24.1. The van der Waals surface area contributed by atoms with E-state index in [4.69, 9.17) is 10.7 Å². The number of aliphatic hydroxyl groups excluding tert-OH is 1. The molecule has 2 aliphatic rings. The van der Waals surface area contributed by atoms with E-state index < -0.39 is 12.1 Å². The molecule has 8 nitrogen and oxygen atoms in total. The molecule has 3 aromatic heterocycles. The van der Waals surface area contributed by atoms with Gasteiger partial charge in [-0.3, -0.25) is 4.98 Å². The molecule has 2 fully saturated rings. The molecule has 1 atom stereocenters. The second-order valence-electron chi connectivity index (χ2n) is 8.61. The largest absolute Gasteiger partial charge is 0.477 e. The standard InChI is InChI=1S/C23H27N5O3S/c24-20-19-15(13-4-5-13)11-18(27-22(19)32-21(20)23(30)31)28-9-6-14(7-10-28)26-12-17(29)16-3-1-2-8-25-16/h1-3,8,11,13-14,17,26,29H,4-7,9-10,12,24H2,(H,30,31). The van der Waals surface area contributed by atoms with Gasteiger partial charge in [-0.2, -0.15) is 0 Å². The summed E-state index contributed by atoms with van der Waals surface area (Å²) in [7, 11) is 0. The lowest BCUT2D eigenvalue weighted by Gasteiger charge is -2.34. The van der Waals surface area contributed by atoms with E-state index in [2.05, 4.69) is 21.3 Å². The van der Waals surface area contributed by atoms with Crippen molar-refractivity contribution in [1.29, 1.82) is 0 Å². The second-order valence-corrected chi connectivity index (χ2v) is 9.61. The van der Waals surface area contributed by atoms with Crippen molar-refractivity contribution in [3.63, 3.8) is 0 Å². The van der Waals surface area contributed by atoms with Gasteiger partial charge >= 0.3 is 5.97 Å². The molecule has 0 aromatic carbocycles. The highest BCUT2D eigenvalue weighted by Gasteiger charge is 2.31. The first kappa shape index (κ1) is 21.1. The molecule has 0 amide bonds. The molecule has 168 valence electrons. The van der Waals surface area contributed by atoms with Gasteiger partial charge in [0.05, 0.1) is 11.4 Å². The van der Waals surface area contributed by atoms with Crippen molar-refractivity contribution < 1.29 is 15.0 Å². The molecule has 5 rings (SSSR count). The first-order valence-corrected chi connectivity index (χ1v) is 11.9. The van der Waals surface area contributed by atoms with Crippen molar-refractivity contribution >= 4 is 39.0 Å². The monoisotopic (exact) mass is 453 g/mol. The van der Waals surface area contributed by atoms with Crippen molar-refractivity contribution in [1.82, 2.24) is 15.3 Å². The van der Waals surface area contributed by atoms with Crippen molar-refractivity contribution in [3.8, 4) is 0 Å². The zero-order valence-corrected chi connectivity index (χ0v) is 18.5. The van der Waals surface area contributed by atoms with Crippen LogP contribution < -0.4 is 16.0 Å². The Balaban J connectivity index is 1.27. The fraction of sp³-hybridized carbons (Fsp3) is 0.435. The lowest BCUT2D eigenvalue weighted by atomic mass is 10.0. The van der Waals surface area contributed by atoms with E-state index in [1.807, 2.05) is 18.2 Å². The smallest absolute Gasteiger partial charge is 0.348 e. The average Bonchev–Trinajstić information content (AvgIpc) is 3.61. The number of nitrogens with zero attached hydrogens (tertiary/aromatic N) is 3. The molecule has 1 saturated carbocycles. The van der Waals surface area contributed by atoms with Gasteiger partial charge in [-0.25, -0.2) is 9.78 Å². The maximum Gasteiger partial charge on any atom is 0.348 e. The molecule has 9 heteroatoms. The van der Waals surface area contributed by atoms with Crippen LogP contribution in [0, 0.1) is 0 Å². The van der Waals surface area contributed by atoms with Crippen LogP contribution in [0.4, 0.5) is 11.5 Å². The normalized spacial score (nSPS) is 18.2. The molecular formula is C23H27N5O3S. The third-order valence-electron chi connectivity index (χ3n) is 6.38. The zero-order valence-electron chi connectivity index (χ0n) is 17.7. The Morgan fingerprint density at radius 2 is 2.06 bits per heavy atom. The highest BCUT2D eigenvalue weighted by Crippen LogP contribution is 2.48. The Bertz CT molecular complexity index is 1120. The zero-order chi connectivity index (χ0) is 22.2. The number of nitrogen functional groups attached to an aromatic ring is 1. The summed E-state index contributed by atoms with van der Waals surface area (Å²) >= 11 is 1.17. The van der Waals surface area contributed by atoms with Gasteiger partial charge in [-0.15, -0.1) is 11.3 Å². The van der Waals surface area contributed by atoms with E-state index in [1.165, 1.54) is 11.3 Å². The van der Waals surface area contributed by atoms with Gasteiger partial charge in [0.1, 0.15) is 21.6 Å². The van der Waals surface area contributed by atoms with Gasteiger partial charge in [-0.1, -0.05) is 6.07 Å². The van der Waals surface area contributed by atoms with Crippen LogP contribution in [0.2, 0.25) is 0 Å². The number of hydrogen-bond donors (Lipinski definition) is 4. The molecule has 0 radical (unpaired) electrons. The predicted molar refractivity (Wildman–Crippen MR) is 125 cm³/mol. The van der Waals surface area contributed by atoms with E-state index in [1.54, 1.807) is 6.20 Å². The van der Waals surface area contributed by atoms with Gasteiger partial charge in [0.2, 0.25) is 0 Å². The minimum Gasteiger partial charge on any atom is -0.477 e. The Kier molecular flexibility index (Phi) is 5.71. The van der Waals surface area contributed by atoms with Gasteiger partial charge in [0.25, 0.3) is 0 Å². The SMILES string of the molecule is Nc1c(C(=O)O)sc2nc(N3CCC(NCC(O)c4ccccn4)CC3)cc(C3CC3)c12. The molecule has 1 saturated heterocycles. The number of piperidine rings is 1. The van der Waals surface area contributed by atoms with E-state index in [0.717, 1.165) is 60.4 Å². The molecule has 1 unspecified atom stereocenters. The Labute approximate surface area is 190 Å². The summed E-state index contributed by atoms with van der Waals surface area (Å²) < 4.78 is 0. The lowest BCUT2D eigenvalue weighted by Crippen LogP contribution is -2.44. The third kappa shape index (κ3) is 4.15. The number of nitrogens with one attached hydrogen (secondary N) is 1. The Morgan fingerprint density at radius 1 is 1.28 bits per heavy atom. The molecule has 1 aliphatic heterocycles. The molecule has 5 N–H and O–H groups in total. The third-order valence-corrected chi connectivity index (χ3v) is 7.46. The van der Waals surface area contributed by atoms with Gasteiger partial charge < -0.3 is 26.2 Å². The fourth-order valence-corrected chi connectivity index (χ4v) is 5.40. The number of anilines is 2. The number of nitrogens with two attached hydrogens (primary N) is 1. The Hall–Kier alpha value is -2.75. The van der Waals surface area contributed by atoms with E-state index in [-0.39, 0.29) is 4.88 Å². The van der Waals surface area contributed by atoms with Crippen LogP contribution in [0.15, 0.2) is 30.5 Å². The molecule has 3 aromatic rings. The van der Waals surface area contributed by atoms with Crippen LogP contribution in [0.25, 0.3) is 10.2 Å². The highest BCUT2D eigenvalue weighted by atomic mass is 32.1. The quantitative estimate of drug-likeness (QED) is 0.430. The molecular weight excluding hydrogens is 426 g/mol. The second kappa shape index (κ2) is 8.65. The molecule has 4 heterocycles. The van der Waals surface area contributed by atoms with Gasteiger partial charge in [0, 0.05) is 37.3 Å². The minimum absolute atomic E-state index is 0.181. The van der Waals surface area contributed by atoms with Gasteiger partial charge in [-0.05, 0) is 55.4 Å². The van der Waals surface area contributed by atoms with E-state index in [9.17, 15) is 15.0 Å². The molecule has 32 heavy (non-hydrogen) atoms. The first-order chi connectivity index (χ1) is 15.5. The number of thiophene rings is 1. The number of carboxylic acid groups (broad SMARTS) is 1. The fourth-order valence-electron chi connectivity index (χ4n) is 4.44. The number of rotatable bonds is 7. The molecule has 0 bridgehead atoms. The summed E-state index contributed by atoms with van der Waals surface area (Å²) in [6, 6.07) is 8.00. The maximum atomic E-state index is 11.6. The average molecular weight is 454 g/mol. The van der Waals surface area contributed by atoms with E-state index in [0.29, 0.717) is 29.9 Å². The van der Waals surface area contributed by atoms with Crippen LogP contribution in [0.5, 0.6) is 0 Å². The summed E-state index contributed by atoms with van der Waals surface area (Å²) in [5.41, 5.74) is 8.37. The van der Waals surface area contributed by atoms with Crippen LogP contribution in [0.3, 0.4) is 0 Å². The topological polar surface area (TPSA) is 125 Å². The van der Waals surface area contributed by atoms with Crippen molar-refractivity contribution in [3.05, 3.63) is 46.6 Å².